The van der Waals surface area contributed by atoms with Gasteiger partial charge in [0.2, 0.25) is 5.91 Å². The van der Waals surface area contributed by atoms with Gasteiger partial charge in [0, 0.05) is 6.92 Å². The van der Waals surface area contributed by atoms with E-state index in [9.17, 15) is 4.79 Å². The lowest BCUT2D eigenvalue weighted by Crippen LogP contribution is -2.27. The third-order valence-corrected chi connectivity index (χ3v) is 4.46. The average molecular weight is 351 g/mol. The Bertz CT molecular complexity index is 910. The van der Waals surface area contributed by atoms with Crippen LogP contribution in [-0.2, 0) is 11.3 Å². The Hall–Kier alpha value is -2.82. The highest BCUT2D eigenvalue weighted by atomic mass is 16.5. The van der Waals surface area contributed by atoms with Crippen LogP contribution in [0.2, 0.25) is 0 Å². The second kappa shape index (κ2) is 7.60. The average Bonchev–Trinajstić information content (AvgIpc) is 2.96. The van der Waals surface area contributed by atoms with Crippen LogP contribution in [0.5, 0.6) is 5.75 Å². The highest BCUT2D eigenvalue weighted by Gasteiger charge is 2.17. The molecule has 1 N–H and O–H groups in total. The van der Waals surface area contributed by atoms with Gasteiger partial charge in [-0.15, -0.1) is 0 Å². The highest BCUT2D eigenvalue weighted by Crippen LogP contribution is 2.24. The summed E-state index contributed by atoms with van der Waals surface area (Å²) >= 11 is 0. The molecule has 0 fully saturated rings. The number of rotatable bonds is 6. The molecule has 0 aliphatic rings. The van der Waals surface area contributed by atoms with Gasteiger partial charge in [0.25, 0.3) is 0 Å². The van der Waals surface area contributed by atoms with Gasteiger partial charge in [0.1, 0.15) is 18.2 Å². The van der Waals surface area contributed by atoms with Crippen molar-refractivity contribution in [3.05, 3.63) is 59.4 Å². The van der Waals surface area contributed by atoms with Gasteiger partial charge in [-0.2, -0.15) is 0 Å². The maximum absolute atomic E-state index is 11.5. The predicted molar refractivity (Wildman–Crippen MR) is 103 cm³/mol. The lowest BCUT2D eigenvalue weighted by atomic mass is 10.1. The van der Waals surface area contributed by atoms with E-state index < -0.39 is 0 Å². The zero-order valence-electron chi connectivity index (χ0n) is 15.7. The first-order valence-corrected chi connectivity index (χ1v) is 8.88. The van der Waals surface area contributed by atoms with Crippen LogP contribution < -0.4 is 10.1 Å². The van der Waals surface area contributed by atoms with Gasteiger partial charge in [0.05, 0.1) is 23.6 Å². The summed E-state index contributed by atoms with van der Waals surface area (Å²) in [5.41, 5.74) is 4.23. The smallest absolute Gasteiger partial charge is 0.217 e. The first-order chi connectivity index (χ1) is 12.5. The van der Waals surface area contributed by atoms with E-state index >= 15 is 0 Å². The van der Waals surface area contributed by atoms with Gasteiger partial charge in [-0.3, -0.25) is 4.79 Å². The quantitative estimate of drug-likeness (QED) is 0.732. The molecule has 0 saturated heterocycles. The summed E-state index contributed by atoms with van der Waals surface area (Å²) in [6, 6.07) is 14.0. The number of aryl methyl sites for hydroxylation is 2. The molecule has 5 heteroatoms. The van der Waals surface area contributed by atoms with Gasteiger partial charge in [-0.05, 0) is 44.0 Å². The Morgan fingerprint density at radius 2 is 1.85 bits per heavy atom. The number of carbonyl (C=O) groups excluding carboxylic acids is 1. The van der Waals surface area contributed by atoms with Crippen molar-refractivity contribution >= 4 is 16.9 Å². The molecule has 0 bridgehead atoms. The molecule has 1 aromatic heterocycles. The number of para-hydroxylation sites is 3. The lowest BCUT2D eigenvalue weighted by Gasteiger charge is -2.17. The summed E-state index contributed by atoms with van der Waals surface area (Å²) in [6.07, 6.45) is 0. The number of nitrogens with zero attached hydrogens (tertiary/aromatic N) is 2. The fraction of sp³-hybridized carbons (Fsp3) is 0.333. The number of aromatic nitrogens is 2. The Kier molecular flexibility index (Phi) is 5.26. The number of ether oxygens (including phenoxy) is 1. The summed E-state index contributed by atoms with van der Waals surface area (Å²) in [7, 11) is 0. The molecule has 3 aromatic rings. The standard InChI is InChI=1S/C21H25N3O2/c1-14-8-7-9-15(2)20(14)26-13-12-24-19-11-6-5-10-18(19)23-21(24)16(3)22-17(4)25/h5-11,16H,12-13H2,1-4H3,(H,22,25). The molecule has 1 atom stereocenters. The first-order valence-electron chi connectivity index (χ1n) is 8.88. The van der Waals surface area contributed by atoms with Crippen LogP contribution in [0.4, 0.5) is 0 Å². The minimum absolute atomic E-state index is 0.0668. The van der Waals surface area contributed by atoms with E-state index in [0.29, 0.717) is 13.2 Å². The number of fused-ring (bicyclic) bond motifs is 1. The number of hydrogen-bond donors (Lipinski definition) is 1. The number of carbonyl (C=O) groups is 1. The normalized spacial score (nSPS) is 12.2. The second-order valence-corrected chi connectivity index (χ2v) is 6.60. The van der Waals surface area contributed by atoms with Gasteiger partial charge < -0.3 is 14.6 Å². The molecule has 0 saturated carbocycles. The van der Waals surface area contributed by atoms with Crippen molar-refractivity contribution in [3.63, 3.8) is 0 Å². The number of imidazole rings is 1. The van der Waals surface area contributed by atoms with E-state index in [-0.39, 0.29) is 11.9 Å². The van der Waals surface area contributed by atoms with Crippen molar-refractivity contribution in [2.75, 3.05) is 6.61 Å². The summed E-state index contributed by atoms with van der Waals surface area (Å²) in [4.78, 5) is 16.2. The summed E-state index contributed by atoms with van der Waals surface area (Å²) in [5, 5.41) is 2.92. The largest absolute Gasteiger partial charge is 0.491 e. The van der Waals surface area contributed by atoms with Crippen LogP contribution in [0.25, 0.3) is 11.0 Å². The molecule has 0 radical (unpaired) electrons. The van der Waals surface area contributed by atoms with Crippen LogP contribution in [0.3, 0.4) is 0 Å². The lowest BCUT2D eigenvalue weighted by molar-refractivity contribution is -0.119. The molecule has 0 aliphatic heterocycles. The van der Waals surface area contributed by atoms with Gasteiger partial charge in [0.15, 0.2) is 0 Å². The van der Waals surface area contributed by atoms with Crippen molar-refractivity contribution in [2.45, 2.75) is 40.3 Å². The molecule has 3 rings (SSSR count). The Balaban J connectivity index is 1.85. The maximum atomic E-state index is 11.5. The molecule has 2 aromatic carbocycles. The van der Waals surface area contributed by atoms with Crippen LogP contribution in [0.15, 0.2) is 42.5 Å². The number of amides is 1. The summed E-state index contributed by atoms with van der Waals surface area (Å²) in [5.74, 6) is 1.71. The molecule has 5 nitrogen and oxygen atoms in total. The fourth-order valence-electron chi connectivity index (χ4n) is 3.29. The monoisotopic (exact) mass is 351 g/mol. The van der Waals surface area contributed by atoms with Crippen LogP contribution in [0.1, 0.15) is 36.8 Å². The fourth-order valence-corrected chi connectivity index (χ4v) is 3.29. The number of hydrogen-bond acceptors (Lipinski definition) is 3. The minimum Gasteiger partial charge on any atom is -0.491 e. The topological polar surface area (TPSA) is 56.2 Å². The van der Waals surface area contributed by atoms with Crippen molar-refractivity contribution in [2.24, 2.45) is 0 Å². The number of nitrogens with one attached hydrogen (secondary N) is 1. The van der Waals surface area contributed by atoms with Crippen molar-refractivity contribution in [3.8, 4) is 5.75 Å². The Morgan fingerprint density at radius 1 is 1.15 bits per heavy atom. The molecule has 1 heterocycles. The van der Waals surface area contributed by atoms with Gasteiger partial charge >= 0.3 is 0 Å². The van der Waals surface area contributed by atoms with Crippen molar-refractivity contribution in [1.82, 2.24) is 14.9 Å². The zero-order chi connectivity index (χ0) is 18.7. The molecule has 0 spiro atoms. The van der Waals surface area contributed by atoms with Gasteiger partial charge in [-0.1, -0.05) is 30.3 Å². The Morgan fingerprint density at radius 3 is 2.54 bits per heavy atom. The van der Waals surface area contributed by atoms with E-state index in [4.69, 9.17) is 9.72 Å². The summed E-state index contributed by atoms with van der Waals surface area (Å²) in [6.45, 7) is 8.77. The molecule has 26 heavy (non-hydrogen) atoms. The maximum Gasteiger partial charge on any atom is 0.217 e. The molecule has 1 amide bonds. The van der Waals surface area contributed by atoms with Crippen molar-refractivity contribution in [1.29, 1.82) is 0 Å². The second-order valence-electron chi connectivity index (χ2n) is 6.60. The zero-order valence-corrected chi connectivity index (χ0v) is 15.7. The van der Waals surface area contributed by atoms with Crippen LogP contribution >= 0.6 is 0 Å². The minimum atomic E-state index is -0.167. The van der Waals surface area contributed by atoms with E-state index in [1.807, 2.05) is 37.3 Å². The van der Waals surface area contributed by atoms with E-state index in [2.05, 4.69) is 35.9 Å². The SMILES string of the molecule is CC(=O)NC(C)c1nc2ccccc2n1CCOc1c(C)cccc1C. The molecule has 0 aliphatic carbocycles. The third kappa shape index (κ3) is 3.72. The van der Waals surface area contributed by atoms with E-state index in [1.165, 1.54) is 6.92 Å². The van der Waals surface area contributed by atoms with Crippen LogP contribution in [-0.4, -0.2) is 22.1 Å². The highest BCUT2D eigenvalue weighted by molar-refractivity contribution is 5.77. The Labute approximate surface area is 154 Å². The summed E-state index contributed by atoms with van der Waals surface area (Å²) < 4.78 is 8.20. The first kappa shape index (κ1) is 18.0. The van der Waals surface area contributed by atoms with E-state index in [1.54, 1.807) is 0 Å². The van der Waals surface area contributed by atoms with Gasteiger partial charge in [-0.25, -0.2) is 4.98 Å². The third-order valence-electron chi connectivity index (χ3n) is 4.46. The molecular weight excluding hydrogens is 326 g/mol. The molecular formula is C21H25N3O2. The molecule has 136 valence electrons. The van der Waals surface area contributed by atoms with Crippen LogP contribution in [0, 0.1) is 13.8 Å². The predicted octanol–water partition coefficient (Wildman–Crippen LogP) is 3.93. The number of benzene rings is 2. The van der Waals surface area contributed by atoms with E-state index in [0.717, 1.165) is 33.7 Å². The molecule has 1 unspecified atom stereocenters. The van der Waals surface area contributed by atoms with Crippen molar-refractivity contribution < 1.29 is 9.53 Å².